The topological polar surface area (TPSA) is 63.8 Å². The normalized spacial score (nSPS) is 10.2. The van der Waals surface area contributed by atoms with Crippen molar-refractivity contribution in [2.24, 2.45) is 5.73 Å². The van der Waals surface area contributed by atoms with Crippen molar-refractivity contribution in [2.75, 3.05) is 18.4 Å². The second-order valence-electron chi connectivity index (χ2n) is 3.46. The first-order chi connectivity index (χ1) is 8.31. The van der Waals surface area contributed by atoms with Gasteiger partial charge in [0, 0.05) is 29.3 Å². The monoisotopic (exact) mass is 292 g/mol. The van der Waals surface area contributed by atoms with E-state index in [9.17, 15) is 0 Å². The van der Waals surface area contributed by atoms with E-state index in [-0.39, 0.29) is 0 Å². The highest BCUT2D eigenvalue weighted by atomic mass is 79.9. The lowest BCUT2D eigenvalue weighted by molar-refractivity contribution is 1.01. The zero-order valence-corrected chi connectivity index (χ0v) is 10.8. The third-order valence-electron chi connectivity index (χ3n) is 2.22. The Morgan fingerprint density at radius 1 is 1.24 bits per heavy atom. The minimum Gasteiger partial charge on any atom is -0.369 e. The second-order valence-corrected chi connectivity index (χ2v) is 4.32. The number of nitrogens with zero attached hydrogens (tertiary/aromatic N) is 2. The Kier molecular flexibility index (Phi) is 4.06. The number of hydrogen-bond donors (Lipinski definition) is 2. The highest BCUT2D eigenvalue weighted by molar-refractivity contribution is 9.10. The number of benzene rings is 1. The van der Waals surface area contributed by atoms with Crippen LogP contribution >= 0.6 is 15.9 Å². The average molecular weight is 293 g/mol. The lowest BCUT2D eigenvalue weighted by Crippen LogP contribution is -2.14. The minimum atomic E-state index is 0.578. The molecule has 1 heterocycles. The van der Waals surface area contributed by atoms with E-state index in [0.717, 1.165) is 15.9 Å². The summed E-state index contributed by atoms with van der Waals surface area (Å²) in [4.78, 5) is 8.70. The molecule has 0 aliphatic heterocycles. The largest absolute Gasteiger partial charge is 0.369 e. The van der Waals surface area contributed by atoms with Crippen LogP contribution in [0.5, 0.6) is 0 Å². The van der Waals surface area contributed by atoms with Crippen molar-refractivity contribution in [1.29, 1.82) is 0 Å². The van der Waals surface area contributed by atoms with Crippen LogP contribution in [0.2, 0.25) is 0 Å². The lowest BCUT2D eigenvalue weighted by Gasteiger charge is -2.06. The summed E-state index contributed by atoms with van der Waals surface area (Å²) in [7, 11) is 0. The molecule has 5 heteroatoms. The number of nitrogens with two attached hydrogens (primary N) is 1. The summed E-state index contributed by atoms with van der Waals surface area (Å²) in [5.74, 6) is 1.48. The first-order valence-corrected chi connectivity index (χ1v) is 6.12. The summed E-state index contributed by atoms with van der Waals surface area (Å²) >= 11 is 3.49. The molecule has 0 saturated heterocycles. The number of halogens is 1. The Labute approximate surface area is 108 Å². The highest BCUT2D eigenvalue weighted by Crippen LogP contribution is 2.25. The number of nitrogens with one attached hydrogen (secondary N) is 1. The molecule has 17 heavy (non-hydrogen) atoms. The molecule has 0 aliphatic carbocycles. The van der Waals surface area contributed by atoms with E-state index in [1.165, 1.54) is 0 Å². The Balaban J connectivity index is 2.30. The van der Waals surface area contributed by atoms with Crippen LogP contribution in [-0.4, -0.2) is 23.1 Å². The Morgan fingerprint density at radius 3 is 2.82 bits per heavy atom. The fraction of sp³-hybridized carbons (Fsp3) is 0.167. The van der Waals surface area contributed by atoms with Gasteiger partial charge >= 0.3 is 0 Å². The molecule has 0 aliphatic rings. The van der Waals surface area contributed by atoms with E-state index in [1.54, 1.807) is 6.20 Å². The predicted octanol–water partition coefficient (Wildman–Crippen LogP) is 2.28. The van der Waals surface area contributed by atoms with Crippen LogP contribution in [-0.2, 0) is 0 Å². The molecule has 0 fully saturated rings. The van der Waals surface area contributed by atoms with Crippen LogP contribution in [0.4, 0.5) is 5.82 Å². The maximum absolute atomic E-state index is 5.44. The second kappa shape index (κ2) is 5.75. The number of rotatable bonds is 4. The molecule has 88 valence electrons. The first-order valence-electron chi connectivity index (χ1n) is 5.33. The van der Waals surface area contributed by atoms with Gasteiger partial charge in [-0.15, -0.1) is 0 Å². The lowest BCUT2D eigenvalue weighted by atomic mass is 10.2. The molecule has 0 amide bonds. The molecular formula is C12H13BrN4. The molecule has 0 saturated carbocycles. The van der Waals surface area contributed by atoms with E-state index in [4.69, 9.17) is 5.73 Å². The average Bonchev–Trinajstić information content (AvgIpc) is 2.37. The molecule has 2 aromatic rings. The van der Waals surface area contributed by atoms with Crippen LogP contribution in [0.15, 0.2) is 41.0 Å². The van der Waals surface area contributed by atoms with Gasteiger partial charge in [0.1, 0.15) is 5.82 Å². The van der Waals surface area contributed by atoms with Gasteiger partial charge in [-0.3, -0.25) is 0 Å². The van der Waals surface area contributed by atoms with Crippen LogP contribution in [0.3, 0.4) is 0 Å². The number of aromatic nitrogens is 2. The molecule has 1 aromatic heterocycles. The summed E-state index contributed by atoms with van der Waals surface area (Å²) in [6.45, 7) is 1.28. The molecule has 1 aromatic carbocycles. The summed E-state index contributed by atoms with van der Waals surface area (Å²) in [5.41, 5.74) is 6.41. The number of anilines is 1. The van der Waals surface area contributed by atoms with Crippen LogP contribution in [0, 0.1) is 0 Å². The van der Waals surface area contributed by atoms with Crippen molar-refractivity contribution in [3.8, 4) is 11.4 Å². The van der Waals surface area contributed by atoms with Gasteiger partial charge in [-0.05, 0) is 12.1 Å². The van der Waals surface area contributed by atoms with Gasteiger partial charge in [0.25, 0.3) is 0 Å². The van der Waals surface area contributed by atoms with Gasteiger partial charge in [0.2, 0.25) is 0 Å². The van der Waals surface area contributed by atoms with Gasteiger partial charge in [-0.25, -0.2) is 9.97 Å². The third kappa shape index (κ3) is 3.01. The van der Waals surface area contributed by atoms with Crippen molar-refractivity contribution < 1.29 is 0 Å². The van der Waals surface area contributed by atoms with Crippen LogP contribution in [0.25, 0.3) is 11.4 Å². The van der Waals surface area contributed by atoms with Gasteiger partial charge in [0.05, 0.1) is 0 Å². The molecule has 0 unspecified atom stereocenters. The zero-order chi connectivity index (χ0) is 12.1. The molecular weight excluding hydrogens is 280 g/mol. The summed E-state index contributed by atoms with van der Waals surface area (Å²) in [5, 5.41) is 3.13. The highest BCUT2D eigenvalue weighted by Gasteiger charge is 2.05. The maximum atomic E-state index is 5.44. The molecule has 4 nitrogen and oxygen atoms in total. The van der Waals surface area contributed by atoms with E-state index in [0.29, 0.717) is 18.9 Å². The number of hydrogen-bond acceptors (Lipinski definition) is 4. The Bertz CT molecular complexity index is 501. The Morgan fingerprint density at radius 2 is 2.06 bits per heavy atom. The van der Waals surface area contributed by atoms with Gasteiger partial charge in [0.15, 0.2) is 5.82 Å². The Hall–Kier alpha value is -1.46. The minimum absolute atomic E-state index is 0.578. The van der Waals surface area contributed by atoms with Gasteiger partial charge in [-0.2, -0.15) is 0 Å². The first kappa shape index (κ1) is 12.0. The van der Waals surface area contributed by atoms with E-state index >= 15 is 0 Å². The van der Waals surface area contributed by atoms with Crippen molar-refractivity contribution in [2.45, 2.75) is 0 Å². The predicted molar refractivity (Wildman–Crippen MR) is 72.7 cm³/mol. The van der Waals surface area contributed by atoms with Crippen LogP contribution in [0.1, 0.15) is 0 Å². The van der Waals surface area contributed by atoms with E-state index in [1.807, 2.05) is 30.3 Å². The van der Waals surface area contributed by atoms with E-state index < -0.39 is 0 Å². The molecule has 3 N–H and O–H groups in total. The van der Waals surface area contributed by atoms with E-state index in [2.05, 4.69) is 31.2 Å². The van der Waals surface area contributed by atoms with Crippen molar-refractivity contribution in [1.82, 2.24) is 9.97 Å². The third-order valence-corrected chi connectivity index (χ3v) is 2.91. The van der Waals surface area contributed by atoms with Crippen LogP contribution < -0.4 is 11.1 Å². The fourth-order valence-electron chi connectivity index (χ4n) is 1.43. The summed E-state index contributed by atoms with van der Waals surface area (Å²) in [6, 6.07) is 9.70. The quantitative estimate of drug-likeness (QED) is 0.907. The van der Waals surface area contributed by atoms with Gasteiger partial charge < -0.3 is 11.1 Å². The van der Waals surface area contributed by atoms with Crippen molar-refractivity contribution in [3.63, 3.8) is 0 Å². The molecule has 0 bridgehead atoms. The van der Waals surface area contributed by atoms with Gasteiger partial charge in [-0.1, -0.05) is 34.1 Å². The standard InChI is InChI=1S/C12H13BrN4/c13-10-4-2-1-3-9(10)12-16-7-5-11(17-12)15-8-6-14/h1-5,7H,6,8,14H2,(H,15,16,17). The maximum Gasteiger partial charge on any atom is 0.162 e. The van der Waals surface area contributed by atoms with Crippen molar-refractivity contribution in [3.05, 3.63) is 41.0 Å². The molecule has 0 atom stereocenters. The zero-order valence-electron chi connectivity index (χ0n) is 9.23. The molecule has 0 radical (unpaired) electrons. The summed E-state index contributed by atoms with van der Waals surface area (Å²) < 4.78 is 0.982. The molecule has 2 rings (SSSR count). The smallest absolute Gasteiger partial charge is 0.162 e. The SMILES string of the molecule is NCCNc1ccnc(-c2ccccc2Br)n1. The summed E-state index contributed by atoms with van der Waals surface area (Å²) in [6.07, 6.45) is 1.74. The molecule has 0 spiro atoms. The van der Waals surface area contributed by atoms with Crippen molar-refractivity contribution >= 4 is 21.7 Å². The fourth-order valence-corrected chi connectivity index (χ4v) is 1.89.